The van der Waals surface area contributed by atoms with Crippen LogP contribution in [-0.4, -0.2) is 24.2 Å². The van der Waals surface area contributed by atoms with Crippen molar-refractivity contribution < 1.29 is 9.32 Å². The Morgan fingerprint density at radius 3 is 2.76 bits per heavy atom. The predicted molar refractivity (Wildman–Crippen MR) is 98.8 cm³/mol. The minimum atomic E-state index is -0.204. The molecule has 0 radical (unpaired) electrons. The standard InChI is InChI=1S/C20H27N3O2/c1-14(2)19-11-18(22-25-19)20(24)21-12-16-6-8-17(9-7-16)23-10-4-5-15(3)13-23/h6-9,11,14-15H,4-5,10,12-13H2,1-3H3,(H,21,24). The van der Waals surface area contributed by atoms with Crippen LogP contribution in [0.3, 0.4) is 0 Å². The smallest absolute Gasteiger partial charge is 0.273 e. The number of hydrogen-bond donors (Lipinski definition) is 1. The first-order valence-electron chi connectivity index (χ1n) is 9.11. The van der Waals surface area contributed by atoms with Crippen LogP contribution >= 0.6 is 0 Å². The lowest BCUT2D eigenvalue weighted by Gasteiger charge is -2.32. The van der Waals surface area contributed by atoms with Crippen molar-refractivity contribution in [2.75, 3.05) is 18.0 Å². The van der Waals surface area contributed by atoms with Crippen molar-refractivity contribution in [2.45, 2.75) is 46.1 Å². The summed E-state index contributed by atoms with van der Waals surface area (Å²) in [6.45, 7) is 9.06. The van der Waals surface area contributed by atoms with Crippen LogP contribution < -0.4 is 10.2 Å². The molecule has 1 aliphatic rings. The van der Waals surface area contributed by atoms with Gasteiger partial charge in [-0.15, -0.1) is 0 Å². The van der Waals surface area contributed by atoms with Crippen LogP contribution in [0, 0.1) is 5.92 Å². The van der Waals surface area contributed by atoms with E-state index in [2.05, 4.69) is 46.6 Å². The number of anilines is 1. The van der Waals surface area contributed by atoms with E-state index in [1.54, 1.807) is 6.07 Å². The van der Waals surface area contributed by atoms with E-state index in [9.17, 15) is 4.79 Å². The molecular formula is C20H27N3O2. The monoisotopic (exact) mass is 341 g/mol. The van der Waals surface area contributed by atoms with Crippen LogP contribution in [0.2, 0.25) is 0 Å². The normalized spacial score (nSPS) is 17.8. The van der Waals surface area contributed by atoms with Crippen LogP contribution in [0.15, 0.2) is 34.9 Å². The first-order chi connectivity index (χ1) is 12.0. The van der Waals surface area contributed by atoms with Gasteiger partial charge in [0.2, 0.25) is 0 Å². The lowest BCUT2D eigenvalue weighted by Crippen LogP contribution is -2.34. The Morgan fingerprint density at radius 1 is 1.36 bits per heavy atom. The molecule has 5 nitrogen and oxygen atoms in total. The van der Waals surface area contributed by atoms with E-state index in [0.717, 1.165) is 30.3 Å². The molecule has 1 unspecified atom stereocenters. The third kappa shape index (κ3) is 4.41. The maximum Gasteiger partial charge on any atom is 0.273 e. The largest absolute Gasteiger partial charge is 0.371 e. The molecule has 2 aromatic rings. The number of nitrogens with zero attached hydrogens (tertiary/aromatic N) is 2. The molecule has 1 N–H and O–H groups in total. The number of piperidine rings is 1. The van der Waals surface area contributed by atoms with E-state index >= 15 is 0 Å². The summed E-state index contributed by atoms with van der Waals surface area (Å²) in [5.74, 6) is 1.50. The molecule has 1 saturated heterocycles. The van der Waals surface area contributed by atoms with Crippen molar-refractivity contribution in [2.24, 2.45) is 5.92 Å². The van der Waals surface area contributed by atoms with Crippen molar-refractivity contribution in [3.8, 4) is 0 Å². The molecule has 25 heavy (non-hydrogen) atoms. The van der Waals surface area contributed by atoms with E-state index in [0.29, 0.717) is 12.2 Å². The predicted octanol–water partition coefficient (Wildman–Crippen LogP) is 3.96. The SMILES string of the molecule is CC1CCCN(c2ccc(CNC(=O)c3cc(C(C)C)on3)cc2)C1. The summed E-state index contributed by atoms with van der Waals surface area (Å²) in [6, 6.07) is 10.2. The van der Waals surface area contributed by atoms with Gasteiger partial charge in [-0.1, -0.05) is 38.1 Å². The molecule has 1 amide bonds. The van der Waals surface area contributed by atoms with Crippen LogP contribution in [0.5, 0.6) is 0 Å². The van der Waals surface area contributed by atoms with E-state index in [1.165, 1.54) is 18.5 Å². The maximum atomic E-state index is 12.2. The molecule has 1 aliphatic heterocycles. The van der Waals surface area contributed by atoms with Gasteiger partial charge in [-0.25, -0.2) is 0 Å². The van der Waals surface area contributed by atoms with Gasteiger partial charge in [0.1, 0.15) is 5.76 Å². The molecular weight excluding hydrogens is 314 g/mol. The van der Waals surface area contributed by atoms with Crippen molar-refractivity contribution in [3.05, 3.63) is 47.3 Å². The Hall–Kier alpha value is -2.30. The maximum absolute atomic E-state index is 12.2. The van der Waals surface area contributed by atoms with Crippen molar-refractivity contribution in [1.29, 1.82) is 0 Å². The zero-order valence-electron chi connectivity index (χ0n) is 15.3. The van der Waals surface area contributed by atoms with Gasteiger partial charge >= 0.3 is 0 Å². The second-order valence-corrected chi connectivity index (χ2v) is 7.31. The van der Waals surface area contributed by atoms with Crippen molar-refractivity contribution in [3.63, 3.8) is 0 Å². The average Bonchev–Trinajstić information content (AvgIpc) is 3.11. The molecule has 5 heteroatoms. The van der Waals surface area contributed by atoms with Crippen LogP contribution in [0.25, 0.3) is 0 Å². The summed E-state index contributed by atoms with van der Waals surface area (Å²) in [6.07, 6.45) is 2.58. The molecule has 0 spiro atoms. The summed E-state index contributed by atoms with van der Waals surface area (Å²) in [4.78, 5) is 14.6. The van der Waals surface area contributed by atoms with E-state index < -0.39 is 0 Å². The molecule has 0 saturated carbocycles. The van der Waals surface area contributed by atoms with Crippen LogP contribution in [0.4, 0.5) is 5.69 Å². The van der Waals surface area contributed by atoms with Crippen molar-refractivity contribution in [1.82, 2.24) is 10.5 Å². The van der Waals surface area contributed by atoms with Gasteiger partial charge < -0.3 is 14.7 Å². The molecule has 1 aromatic carbocycles. The Bertz CT molecular complexity index is 706. The highest BCUT2D eigenvalue weighted by molar-refractivity contribution is 5.92. The quantitative estimate of drug-likeness (QED) is 0.894. The first kappa shape index (κ1) is 17.5. The average molecular weight is 341 g/mol. The summed E-state index contributed by atoms with van der Waals surface area (Å²) in [5.41, 5.74) is 2.68. The van der Waals surface area contributed by atoms with Gasteiger partial charge in [-0.3, -0.25) is 4.79 Å². The minimum Gasteiger partial charge on any atom is -0.371 e. The number of benzene rings is 1. The van der Waals surface area contributed by atoms with E-state index in [1.807, 2.05) is 13.8 Å². The first-order valence-corrected chi connectivity index (χ1v) is 9.11. The summed E-state index contributed by atoms with van der Waals surface area (Å²) < 4.78 is 5.17. The van der Waals surface area contributed by atoms with Crippen LogP contribution in [-0.2, 0) is 6.54 Å². The summed E-state index contributed by atoms with van der Waals surface area (Å²) in [5, 5.41) is 6.74. The van der Waals surface area contributed by atoms with E-state index in [-0.39, 0.29) is 11.8 Å². The Kier molecular flexibility index (Phi) is 5.41. The number of hydrogen-bond acceptors (Lipinski definition) is 4. The van der Waals surface area contributed by atoms with Crippen LogP contribution in [0.1, 0.15) is 61.3 Å². The second-order valence-electron chi connectivity index (χ2n) is 7.31. The molecule has 3 rings (SSSR count). The van der Waals surface area contributed by atoms with Gasteiger partial charge in [-0.05, 0) is 36.5 Å². The Labute approximate surface area is 149 Å². The fourth-order valence-electron chi connectivity index (χ4n) is 3.19. The number of amides is 1. The lowest BCUT2D eigenvalue weighted by atomic mass is 9.99. The number of carbonyl (C=O) groups is 1. The summed E-state index contributed by atoms with van der Waals surface area (Å²) in [7, 11) is 0. The lowest BCUT2D eigenvalue weighted by molar-refractivity contribution is 0.0941. The molecule has 0 bridgehead atoms. The third-order valence-corrected chi connectivity index (χ3v) is 4.74. The minimum absolute atomic E-state index is 0.204. The summed E-state index contributed by atoms with van der Waals surface area (Å²) >= 11 is 0. The van der Waals surface area contributed by atoms with Gasteiger partial charge in [0.25, 0.3) is 5.91 Å². The Balaban J connectivity index is 1.55. The zero-order chi connectivity index (χ0) is 17.8. The van der Waals surface area contributed by atoms with Gasteiger partial charge in [0.05, 0.1) is 0 Å². The topological polar surface area (TPSA) is 58.4 Å². The molecule has 134 valence electrons. The van der Waals surface area contributed by atoms with Gasteiger partial charge in [0.15, 0.2) is 5.69 Å². The van der Waals surface area contributed by atoms with E-state index in [4.69, 9.17) is 4.52 Å². The molecule has 2 heterocycles. The Morgan fingerprint density at radius 2 is 2.12 bits per heavy atom. The molecule has 1 aromatic heterocycles. The number of carbonyl (C=O) groups excluding carboxylic acids is 1. The molecule has 1 atom stereocenters. The number of nitrogens with one attached hydrogen (secondary N) is 1. The third-order valence-electron chi connectivity index (χ3n) is 4.74. The second kappa shape index (κ2) is 7.72. The highest BCUT2D eigenvalue weighted by Gasteiger charge is 2.17. The number of rotatable bonds is 5. The molecule has 0 aliphatic carbocycles. The fourth-order valence-corrected chi connectivity index (χ4v) is 3.19. The van der Waals surface area contributed by atoms with Gasteiger partial charge in [-0.2, -0.15) is 0 Å². The van der Waals surface area contributed by atoms with Gasteiger partial charge in [0, 0.05) is 37.3 Å². The highest BCUT2D eigenvalue weighted by atomic mass is 16.5. The highest BCUT2D eigenvalue weighted by Crippen LogP contribution is 2.23. The van der Waals surface area contributed by atoms with Crippen molar-refractivity contribution >= 4 is 11.6 Å². The fraction of sp³-hybridized carbons (Fsp3) is 0.500. The zero-order valence-corrected chi connectivity index (χ0v) is 15.3. The number of aromatic nitrogens is 1. The molecule has 1 fully saturated rings.